The van der Waals surface area contributed by atoms with Crippen LogP contribution in [0.25, 0.3) is 0 Å². The summed E-state index contributed by atoms with van der Waals surface area (Å²) in [5.74, 6) is 0. The molecule has 1 atom stereocenters. The summed E-state index contributed by atoms with van der Waals surface area (Å²) in [7, 11) is 0. The number of hydrogen-bond donors (Lipinski definition) is 1. The number of rotatable bonds is 2. The second-order valence-corrected chi connectivity index (χ2v) is 5.50. The van der Waals surface area contributed by atoms with Crippen LogP contribution in [-0.4, -0.2) is 29.6 Å². The largest absolute Gasteiger partial charge is 0.309 e. The van der Waals surface area contributed by atoms with Gasteiger partial charge in [0.05, 0.1) is 0 Å². The summed E-state index contributed by atoms with van der Waals surface area (Å²) >= 11 is 0. The molecule has 0 bridgehead atoms. The molecule has 16 heavy (non-hydrogen) atoms. The van der Waals surface area contributed by atoms with Crippen LogP contribution in [-0.2, 0) is 6.54 Å². The van der Waals surface area contributed by atoms with Crippen molar-refractivity contribution in [3.05, 3.63) is 35.9 Å². The minimum absolute atomic E-state index is 0.237. The Balaban J connectivity index is 2.03. The summed E-state index contributed by atoms with van der Waals surface area (Å²) in [5.41, 5.74) is 1.65. The van der Waals surface area contributed by atoms with Crippen LogP contribution < -0.4 is 5.32 Å². The normalized spacial score (nSPS) is 25.6. The van der Waals surface area contributed by atoms with Crippen LogP contribution in [0.4, 0.5) is 0 Å². The second kappa shape index (κ2) is 4.56. The van der Waals surface area contributed by atoms with E-state index in [0.29, 0.717) is 6.04 Å². The fraction of sp³-hybridized carbons (Fsp3) is 0.571. The summed E-state index contributed by atoms with van der Waals surface area (Å²) in [6, 6.07) is 11.4. The average Bonchev–Trinajstić information content (AvgIpc) is 2.25. The van der Waals surface area contributed by atoms with Crippen molar-refractivity contribution in [1.82, 2.24) is 10.2 Å². The zero-order valence-corrected chi connectivity index (χ0v) is 10.5. The maximum absolute atomic E-state index is 3.58. The van der Waals surface area contributed by atoms with E-state index in [9.17, 15) is 0 Å². The molecule has 0 amide bonds. The van der Waals surface area contributed by atoms with E-state index in [0.717, 1.165) is 19.6 Å². The van der Waals surface area contributed by atoms with Gasteiger partial charge in [-0.15, -0.1) is 0 Å². The van der Waals surface area contributed by atoms with Gasteiger partial charge >= 0.3 is 0 Å². The molecule has 2 rings (SSSR count). The molecule has 0 aliphatic carbocycles. The number of benzene rings is 1. The molecule has 2 heteroatoms. The maximum atomic E-state index is 3.58. The SMILES string of the molecule is CC1CNC(C)(C)CN1Cc1ccccc1. The van der Waals surface area contributed by atoms with Gasteiger partial charge in [-0.2, -0.15) is 0 Å². The molecule has 1 aromatic rings. The lowest BCUT2D eigenvalue weighted by Gasteiger charge is -2.43. The first-order valence-electron chi connectivity index (χ1n) is 6.10. The van der Waals surface area contributed by atoms with E-state index in [2.05, 4.69) is 61.3 Å². The van der Waals surface area contributed by atoms with Gasteiger partial charge in [0.25, 0.3) is 0 Å². The molecule has 88 valence electrons. The Morgan fingerprint density at radius 2 is 2.00 bits per heavy atom. The topological polar surface area (TPSA) is 15.3 Å². The minimum atomic E-state index is 0.237. The van der Waals surface area contributed by atoms with Crippen LogP contribution >= 0.6 is 0 Å². The molecular formula is C14H22N2. The molecule has 1 saturated heterocycles. The van der Waals surface area contributed by atoms with E-state index < -0.39 is 0 Å². The fourth-order valence-corrected chi connectivity index (χ4v) is 2.30. The first kappa shape index (κ1) is 11.6. The molecule has 0 saturated carbocycles. The van der Waals surface area contributed by atoms with E-state index in [1.807, 2.05) is 0 Å². The van der Waals surface area contributed by atoms with Gasteiger partial charge in [-0.3, -0.25) is 4.90 Å². The number of hydrogen-bond acceptors (Lipinski definition) is 2. The molecular weight excluding hydrogens is 196 g/mol. The van der Waals surface area contributed by atoms with Crippen molar-refractivity contribution in [3.63, 3.8) is 0 Å². The van der Waals surface area contributed by atoms with Crippen molar-refractivity contribution < 1.29 is 0 Å². The third-order valence-electron chi connectivity index (χ3n) is 3.33. The molecule has 0 spiro atoms. The molecule has 1 heterocycles. The summed E-state index contributed by atoms with van der Waals surface area (Å²) in [6.07, 6.45) is 0. The van der Waals surface area contributed by atoms with Crippen LogP contribution in [0, 0.1) is 0 Å². The lowest BCUT2D eigenvalue weighted by atomic mass is 9.98. The van der Waals surface area contributed by atoms with Crippen molar-refractivity contribution in [2.45, 2.75) is 38.9 Å². The first-order chi connectivity index (χ1) is 7.57. The van der Waals surface area contributed by atoms with E-state index in [4.69, 9.17) is 0 Å². The molecule has 0 radical (unpaired) electrons. The Hall–Kier alpha value is -0.860. The lowest BCUT2D eigenvalue weighted by molar-refractivity contribution is 0.0978. The van der Waals surface area contributed by atoms with Gasteiger partial charge in [0.2, 0.25) is 0 Å². The third-order valence-corrected chi connectivity index (χ3v) is 3.33. The van der Waals surface area contributed by atoms with Crippen LogP contribution in [0.5, 0.6) is 0 Å². The molecule has 1 aromatic carbocycles. The summed E-state index contributed by atoms with van der Waals surface area (Å²) < 4.78 is 0. The van der Waals surface area contributed by atoms with Gasteiger partial charge in [-0.25, -0.2) is 0 Å². The smallest absolute Gasteiger partial charge is 0.0253 e. The number of piperazine rings is 1. The standard InChI is InChI=1S/C14H22N2/c1-12-9-15-14(2,3)11-16(12)10-13-7-5-4-6-8-13/h4-8,12,15H,9-11H2,1-3H3. The van der Waals surface area contributed by atoms with Crippen molar-refractivity contribution in [2.75, 3.05) is 13.1 Å². The van der Waals surface area contributed by atoms with E-state index in [-0.39, 0.29) is 5.54 Å². The highest BCUT2D eigenvalue weighted by Gasteiger charge is 2.29. The Morgan fingerprint density at radius 3 is 2.69 bits per heavy atom. The fourth-order valence-electron chi connectivity index (χ4n) is 2.30. The highest BCUT2D eigenvalue weighted by atomic mass is 15.2. The van der Waals surface area contributed by atoms with Gasteiger partial charge in [0.15, 0.2) is 0 Å². The predicted octanol–water partition coefficient (Wildman–Crippen LogP) is 2.26. The average molecular weight is 218 g/mol. The molecule has 2 nitrogen and oxygen atoms in total. The Morgan fingerprint density at radius 1 is 1.31 bits per heavy atom. The van der Waals surface area contributed by atoms with Crippen LogP contribution in [0.2, 0.25) is 0 Å². The van der Waals surface area contributed by atoms with E-state index in [1.165, 1.54) is 5.56 Å². The predicted molar refractivity (Wildman–Crippen MR) is 68.4 cm³/mol. The third kappa shape index (κ3) is 2.83. The Bertz CT molecular complexity index is 332. The van der Waals surface area contributed by atoms with Gasteiger partial charge < -0.3 is 5.32 Å². The highest BCUT2D eigenvalue weighted by molar-refractivity contribution is 5.15. The first-order valence-corrected chi connectivity index (χ1v) is 6.10. The van der Waals surface area contributed by atoms with Crippen LogP contribution in [0.1, 0.15) is 26.3 Å². The van der Waals surface area contributed by atoms with E-state index in [1.54, 1.807) is 0 Å². The molecule has 0 aromatic heterocycles. The molecule has 1 unspecified atom stereocenters. The Labute approximate surface area is 98.7 Å². The lowest BCUT2D eigenvalue weighted by Crippen LogP contribution is -2.60. The number of nitrogens with one attached hydrogen (secondary N) is 1. The zero-order valence-electron chi connectivity index (χ0n) is 10.5. The van der Waals surface area contributed by atoms with E-state index >= 15 is 0 Å². The Kier molecular flexibility index (Phi) is 3.31. The maximum Gasteiger partial charge on any atom is 0.0253 e. The van der Waals surface area contributed by atoms with Gasteiger partial charge in [-0.1, -0.05) is 30.3 Å². The molecule has 1 aliphatic rings. The number of nitrogens with zero attached hydrogens (tertiary/aromatic N) is 1. The molecule has 1 aliphatic heterocycles. The van der Waals surface area contributed by atoms with Gasteiger partial charge in [0.1, 0.15) is 0 Å². The van der Waals surface area contributed by atoms with Crippen molar-refractivity contribution >= 4 is 0 Å². The summed E-state index contributed by atoms with van der Waals surface area (Å²) in [4.78, 5) is 2.56. The van der Waals surface area contributed by atoms with Crippen LogP contribution in [0.15, 0.2) is 30.3 Å². The van der Waals surface area contributed by atoms with Gasteiger partial charge in [0, 0.05) is 31.2 Å². The van der Waals surface area contributed by atoms with Crippen LogP contribution in [0.3, 0.4) is 0 Å². The summed E-state index contributed by atoms with van der Waals surface area (Å²) in [5, 5.41) is 3.58. The quantitative estimate of drug-likeness (QED) is 0.819. The van der Waals surface area contributed by atoms with Crippen molar-refractivity contribution in [1.29, 1.82) is 0 Å². The molecule has 1 fully saturated rings. The second-order valence-electron chi connectivity index (χ2n) is 5.50. The van der Waals surface area contributed by atoms with Crippen molar-refractivity contribution in [2.24, 2.45) is 0 Å². The van der Waals surface area contributed by atoms with Gasteiger partial charge in [-0.05, 0) is 26.3 Å². The monoisotopic (exact) mass is 218 g/mol. The van der Waals surface area contributed by atoms with Crippen molar-refractivity contribution in [3.8, 4) is 0 Å². The summed E-state index contributed by atoms with van der Waals surface area (Å²) in [6.45, 7) is 10.1. The molecule has 1 N–H and O–H groups in total. The highest BCUT2D eigenvalue weighted by Crippen LogP contribution is 2.17. The zero-order chi connectivity index (χ0) is 11.6. The minimum Gasteiger partial charge on any atom is -0.309 e.